The van der Waals surface area contributed by atoms with Gasteiger partial charge in [-0.1, -0.05) is 18.2 Å². The summed E-state index contributed by atoms with van der Waals surface area (Å²) in [5.74, 6) is 1.28. The van der Waals surface area contributed by atoms with Crippen LogP contribution >= 0.6 is 11.3 Å². The lowest BCUT2D eigenvalue weighted by Crippen LogP contribution is -2.30. The van der Waals surface area contributed by atoms with Crippen molar-refractivity contribution in [2.75, 3.05) is 25.4 Å². The van der Waals surface area contributed by atoms with Crippen LogP contribution in [0.3, 0.4) is 0 Å². The van der Waals surface area contributed by atoms with Gasteiger partial charge in [-0.2, -0.15) is 5.26 Å². The van der Waals surface area contributed by atoms with E-state index in [4.69, 9.17) is 4.74 Å². The summed E-state index contributed by atoms with van der Waals surface area (Å²) in [5.41, 5.74) is 5.20. The molecule has 1 aliphatic heterocycles. The van der Waals surface area contributed by atoms with Gasteiger partial charge < -0.3 is 9.64 Å². The summed E-state index contributed by atoms with van der Waals surface area (Å²) >= 11 is 1.63. The Kier molecular flexibility index (Phi) is 7.82. The zero-order chi connectivity index (χ0) is 25.1. The van der Waals surface area contributed by atoms with E-state index in [0.717, 1.165) is 47.9 Å². The molecule has 0 radical (unpaired) electrons. The molecule has 8 heteroatoms. The van der Waals surface area contributed by atoms with Crippen molar-refractivity contribution >= 4 is 22.3 Å². The summed E-state index contributed by atoms with van der Waals surface area (Å²) in [6.07, 6.45) is 6.37. The molecule has 188 valence electrons. The Hall–Kier alpha value is -2.57. The molecule has 0 saturated carbocycles. The van der Waals surface area contributed by atoms with Crippen LogP contribution in [0.5, 0.6) is 5.75 Å². The Balaban J connectivity index is 1.31. The first-order valence-corrected chi connectivity index (χ1v) is 14.8. The molecule has 2 aromatic carbocycles. The second-order valence-electron chi connectivity index (χ2n) is 9.70. The smallest absolute Gasteiger partial charge is 0.137 e. The standard InChI is InChI=1S/C28H32N4O2S2/c1-19(2)34-26-11-8-20(16-21(26)17-29)28-30-18-27(35-28)24-7-5-6-23-22(24)9-10-25(23)31-36(33)15-14-32-12-3-4-13-32/h5-8,11,16,18-19,25,31H,3-4,9-10,12-15H2,1-2H3. The molecule has 36 heavy (non-hydrogen) atoms. The van der Waals surface area contributed by atoms with E-state index < -0.39 is 11.0 Å². The van der Waals surface area contributed by atoms with E-state index in [2.05, 4.69) is 38.9 Å². The molecule has 1 N–H and O–H groups in total. The van der Waals surface area contributed by atoms with E-state index >= 15 is 0 Å². The van der Waals surface area contributed by atoms with Gasteiger partial charge in [-0.05, 0) is 87.5 Å². The molecular formula is C28H32N4O2S2. The largest absolute Gasteiger partial charge is 0.490 e. The topological polar surface area (TPSA) is 78.2 Å². The summed E-state index contributed by atoms with van der Waals surface area (Å²) in [7, 11) is -1.03. The third kappa shape index (κ3) is 5.55. The van der Waals surface area contributed by atoms with Gasteiger partial charge in [0, 0.05) is 24.3 Å². The maximum Gasteiger partial charge on any atom is 0.137 e. The number of rotatable bonds is 9. The number of nitriles is 1. The molecule has 0 bridgehead atoms. The average Bonchev–Trinajstić information content (AvgIpc) is 3.64. The number of hydrogen-bond acceptors (Lipinski definition) is 6. The third-order valence-corrected chi connectivity index (χ3v) is 9.00. The quantitative estimate of drug-likeness (QED) is 0.405. The summed E-state index contributed by atoms with van der Waals surface area (Å²) in [5, 5.41) is 10.5. The van der Waals surface area contributed by atoms with Crippen molar-refractivity contribution in [3.63, 3.8) is 0 Å². The van der Waals surface area contributed by atoms with Crippen molar-refractivity contribution in [2.24, 2.45) is 0 Å². The van der Waals surface area contributed by atoms with Gasteiger partial charge in [-0.3, -0.25) is 0 Å². The zero-order valence-corrected chi connectivity index (χ0v) is 22.5. The minimum absolute atomic E-state index is 0.00964. The Morgan fingerprint density at radius 1 is 1.28 bits per heavy atom. The SMILES string of the molecule is CC(C)Oc1ccc(-c2ncc(-c3cccc4c3CCC4NS(=O)CCN3CCCC3)s2)cc1C#N. The molecule has 0 spiro atoms. The Morgan fingerprint density at radius 2 is 2.11 bits per heavy atom. The normalized spacial score (nSPS) is 18.3. The van der Waals surface area contributed by atoms with Crippen LogP contribution in [0.2, 0.25) is 0 Å². The van der Waals surface area contributed by atoms with E-state index in [1.165, 1.54) is 29.5 Å². The van der Waals surface area contributed by atoms with Gasteiger partial charge in [-0.25, -0.2) is 13.9 Å². The predicted octanol–water partition coefficient (Wildman–Crippen LogP) is 5.47. The van der Waals surface area contributed by atoms with E-state index in [9.17, 15) is 9.47 Å². The minimum Gasteiger partial charge on any atom is -0.490 e. The van der Waals surface area contributed by atoms with Crippen molar-refractivity contribution in [1.82, 2.24) is 14.6 Å². The molecule has 6 nitrogen and oxygen atoms in total. The lowest BCUT2D eigenvalue weighted by atomic mass is 10.0. The highest BCUT2D eigenvalue weighted by atomic mass is 32.2. The molecule has 5 rings (SSSR count). The molecule has 0 amide bonds. The van der Waals surface area contributed by atoms with Gasteiger partial charge in [-0.15, -0.1) is 11.3 Å². The van der Waals surface area contributed by atoms with Crippen molar-refractivity contribution in [1.29, 1.82) is 5.26 Å². The van der Waals surface area contributed by atoms with E-state index in [1.807, 2.05) is 38.2 Å². The minimum atomic E-state index is -1.03. The molecule has 2 atom stereocenters. The maximum atomic E-state index is 12.7. The first-order chi connectivity index (χ1) is 17.5. The van der Waals surface area contributed by atoms with Crippen molar-refractivity contribution in [3.8, 4) is 32.8 Å². The van der Waals surface area contributed by atoms with Crippen LogP contribution in [0.1, 0.15) is 55.8 Å². The average molecular weight is 521 g/mol. The van der Waals surface area contributed by atoms with Crippen molar-refractivity contribution < 1.29 is 8.95 Å². The summed E-state index contributed by atoms with van der Waals surface area (Å²) in [4.78, 5) is 8.20. The second kappa shape index (κ2) is 11.2. The molecule has 1 aliphatic carbocycles. The van der Waals surface area contributed by atoms with Gasteiger partial charge >= 0.3 is 0 Å². The number of ether oxygens (including phenoxy) is 1. The third-order valence-electron chi connectivity index (χ3n) is 6.82. The fourth-order valence-electron chi connectivity index (χ4n) is 5.08. The van der Waals surface area contributed by atoms with Gasteiger partial charge in [0.2, 0.25) is 0 Å². The number of fused-ring (bicyclic) bond motifs is 1. The van der Waals surface area contributed by atoms with Crippen LogP contribution in [-0.4, -0.2) is 45.6 Å². The van der Waals surface area contributed by atoms with Crippen molar-refractivity contribution in [2.45, 2.75) is 51.7 Å². The highest BCUT2D eigenvalue weighted by molar-refractivity contribution is 7.83. The molecule has 2 unspecified atom stereocenters. The fraction of sp³-hybridized carbons (Fsp3) is 0.429. The Morgan fingerprint density at radius 3 is 2.89 bits per heavy atom. The fourth-order valence-corrected chi connectivity index (χ4v) is 7.15. The molecule has 1 fully saturated rings. The number of thiazole rings is 1. The maximum absolute atomic E-state index is 12.7. The highest BCUT2D eigenvalue weighted by Gasteiger charge is 2.27. The highest BCUT2D eigenvalue weighted by Crippen LogP contribution is 2.41. The van der Waals surface area contributed by atoms with Gasteiger partial charge in [0.25, 0.3) is 0 Å². The van der Waals surface area contributed by atoms with Crippen LogP contribution in [0.4, 0.5) is 0 Å². The van der Waals surface area contributed by atoms with Gasteiger partial charge in [0.05, 0.1) is 33.3 Å². The summed E-state index contributed by atoms with van der Waals surface area (Å²) < 4.78 is 21.9. The zero-order valence-electron chi connectivity index (χ0n) is 20.8. The van der Waals surface area contributed by atoms with E-state index in [-0.39, 0.29) is 12.1 Å². The van der Waals surface area contributed by atoms with Gasteiger partial charge in [0.1, 0.15) is 16.8 Å². The first kappa shape index (κ1) is 25.1. The van der Waals surface area contributed by atoms with Crippen LogP contribution in [0, 0.1) is 11.3 Å². The number of likely N-dealkylation sites (tertiary alicyclic amines) is 1. The number of aromatic nitrogens is 1. The lowest BCUT2D eigenvalue weighted by Gasteiger charge is -2.17. The number of benzene rings is 2. The molecule has 1 aromatic heterocycles. The monoisotopic (exact) mass is 520 g/mol. The van der Waals surface area contributed by atoms with Crippen LogP contribution in [-0.2, 0) is 17.4 Å². The summed E-state index contributed by atoms with van der Waals surface area (Å²) in [6.45, 7) is 7.08. The summed E-state index contributed by atoms with van der Waals surface area (Å²) in [6, 6.07) is 14.5. The molecule has 1 saturated heterocycles. The van der Waals surface area contributed by atoms with Crippen LogP contribution in [0.25, 0.3) is 21.0 Å². The second-order valence-corrected chi connectivity index (χ2v) is 12.1. The Labute approximate surface area is 219 Å². The van der Waals surface area contributed by atoms with Crippen molar-refractivity contribution in [3.05, 3.63) is 59.3 Å². The number of nitrogens with one attached hydrogen (secondary N) is 1. The number of hydrogen-bond donors (Lipinski definition) is 1. The number of nitrogens with zero attached hydrogens (tertiary/aromatic N) is 3. The Bertz CT molecular complexity index is 1290. The predicted molar refractivity (Wildman–Crippen MR) is 146 cm³/mol. The molecule has 2 aliphatic rings. The van der Waals surface area contributed by atoms with E-state index in [0.29, 0.717) is 17.1 Å². The first-order valence-electron chi connectivity index (χ1n) is 12.7. The molecule has 2 heterocycles. The van der Waals surface area contributed by atoms with E-state index in [1.54, 1.807) is 11.3 Å². The van der Waals surface area contributed by atoms with Crippen LogP contribution in [0.15, 0.2) is 42.6 Å². The van der Waals surface area contributed by atoms with Crippen LogP contribution < -0.4 is 9.46 Å². The molecule has 3 aromatic rings. The van der Waals surface area contributed by atoms with Gasteiger partial charge in [0.15, 0.2) is 0 Å². The molecular weight excluding hydrogens is 488 g/mol. The lowest BCUT2D eigenvalue weighted by molar-refractivity contribution is 0.242.